The van der Waals surface area contributed by atoms with Crippen LogP contribution in [0.1, 0.15) is 76.6 Å². The van der Waals surface area contributed by atoms with Gasteiger partial charge in [0.15, 0.2) is 0 Å². The molecule has 1 N–H and O–H groups in total. The first-order chi connectivity index (χ1) is 17.6. The first-order valence-electron chi connectivity index (χ1n) is 13.9. The molecule has 2 atom stereocenters. The number of hydrogen-bond acceptors (Lipinski definition) is 3. The molecule has 0 heterocycles. The van der Waals surface area contributed by atoms with E-state index in [9.17, 15) is 4.79 Å². The fourth-order valence-electron chi connectivity index (χ4n) is 5.76. The van der Waals surface area contributed by atoms with Gasteiger partial charge in [-0.1, -0.05) is 107 Å². The normalized spacial score (nSPS) is 15.4. The van der Waals surface area contributed by atoms with Crippen molar-refractivity contribution in [3.8, 4) is 0 Å². The van der Waals surface area contributed by atoms with Crippen LogP contribution in [0.5, 0.6) is 0 Å². The standard InChI is InChI=1S/C31H42N2O.C2H6/c1-6-14-24-15-10-13-18-27(24)21-33(30(22-34)23(7-2)8-3)29(9-4)31(32-5)28-19-25-16-11-12-17-26(25)20-28;1-2/h6,9-18,22-23,28,30-32H,7-8,19-21H2,1-5H3;1-2H3/b14-6+,29-9+;. The van der Waals surface area contributed by atoms with Crippen LogP contribution >= 0.6 is 0 Å². The first-order valence-corrected chi connectivity index (χ1v) is 13.9. The van der Waals surface area contributed by atoms with Crippen LogP contribution in [0.25, 0.3) is 6.08 Å². The van der Waals surface area contributed by atoms with Crippen molar-refractivity contribution in [2.75, 3.05) is 7.05 Å². The van der Waals surface area contributed by atoms with Crippen LogP contribution in [0, 0.1) is 11.8 Å². The third kappa shape index (κ3) is 6.97. The maximum Gasteiger partial charge on any atom is 0.142 e. The Kier molecular flexibility index (Phi) is 12.7. The highest BCUT2D eigenvalue weighted by Crippen LogP contribution is 2.34. The Labute approximate surface area is 220 Å². The van der Waals surface area contributed by atoms with Gasteiger partial charge in [-0.05, 0) is 67.8 Å². The van der Waals surface area contributed by atoms with Gasteiger partial charge in [0.05, 0.1) is 12.1 Å². The van der Waals surface area contributed by atoms with Crippen LogP contribution in [0.4, 0.5) is 0 Å². The summed E-state index contributed by atoms with van der Waals surface area (Å²) in [7, 11) is 2.07. The van der Waals surface area contributed by atoms with Crippen LogP contribution < -0.4 is 5.32 Å². The second-order valence-corrected chi connectivity index (χ2v) is 9.45. The highest BCUT2D eigenvalue weighted by molar-refractivity contribution is 5.60. The van der Waals surface area contributed by atoms with Crippen molar-refractivity contribution < 1.29 is 4.79 Å². The molecule has 1 aliphatic rings. The van der Waals surface area contributed by atoms with Crippen molar-refractivity contribution in [3.63, 3.8) is 0 Å². The zero-order valence-electron chi connectivity index (χ0n) is 23.6. The predicted molar refractivity (Wildman–Crippen MR) is 156 cm³/mol. The Balaban J connectivity index is 0.00000222. The molecule has 3 heteroatoms. The average Bonchev–Trinajstić information content (AvgIpc) is 3.35. The van der Waals surface area contributed by atoms with Crippen LogP contribution in [0.3, 0.4) is 0 Å². The number of nitrogens with zero attached hydrogens (tertiary/aromatic N) is 1. The van der Waals surface area contributed by atoms with E-state index in [1.54, 1.807) is 0 Å². The number of aldehydes is 1. The maximum atomic E-state index is 12.6. The lowest BCUT2D eigenvalue weighted by molar-refractivity contribution is -0.114. The first kappa shape index (κ1) is 29.6. The topological polar surface area (TPSA) is 32.3 Å². The molecule has 0 fully saturated rings. The molecule has 0 saturated heterocycles. The minimum atomic E-state index is -0.153. The van der Waals surface area contributed by atoms with Crippen LogP contribution in [-0.4, -0.2) is 30.3 Å². The van der Waals surface area contributed by atoms with E-state index < -0.39 is 0 Å². The minimum Gasteiger partial charge on any atom is -0.359 e. The molecule has 196 valence electrons. The van der Waals surface area contributed by atoms with Crippen LogP contribution in [-0.2, 0) is 24.2 Å². The van der Waals surface area contributed by atoms with Crippen LogP contribution in [0.2, 0.25) is 0 Å². The molecule has 0 aromatic heterocycles. The SMILES string of the molecule is C/C=C/c1ccccc1CN(/C(=C/C)C(NC)C1Cc2ccccc2C1)C(C=O)C(CC)CC.CC. The van der Waals surface area contributed by atoms with Crippen molar-refractivity contribution in [3.05, 3.63) is 88.6 Å². The van der Waals surface area contributed by atoms with Gasteiger partial charge in [0.25, 0.3) is 0 Å². The molecular formula is C33H48N2O. The Morgan fingerprint density at radius 2 is 1.58 bits per heavy atom. The lowest BCUT2D eigenvalue weighted by Crippen LogP contribution is -2.48. The van der Waals surface area contributed by atoms with Crippen molar-refractivity contribution in [1.82, 2.24) is 10.2 Å². The largest absolute Gasteiger partial charge is 0.359 e. The number of fused-ring (bicyclic) bond motifs is 1. The van der Waals surface area contributed by atoms with Gasteiger partial charge in [0, 0.05) is 12.2 Å². The molecule has 2 unspecified atom stereocenters. The number of nitrogens with one attached hydrogen (secondary N) is 1. The summed E-state index contributed by atoms with van der Waals surface area (Å²) in [6.07, 6.45) is 11.8. The van der Waals surface area contributed by atoms with Gasteiger partial charge in [0.2, 0.25) is 0 Å². The number of hydrogen-bond donors (Lipinski definition) is 1. The number of benzene rings is 2. The molecule has 2 aromatic rings. The molecule has 3 rings (SSSR count). The monoisotopic (exact) mass is 488 g/mol. The average molecular weight is 489 g/mol. The summed E-state index contributed by atoms with van der Waals surface area (Å²) in [5.41, 5.74) is 6.62. The molecule has 3 nitrogen and oxygen atoms in total. The molecule has 0 spiro atoms. The van der Waals surface area contributed by atoms with Gasteiger partial charge in [-0.15, -0.1) is 0 Å². The quantitative estimate of drug-likeness (QED) is 0.315. The summed E-state index contributed by atoms with van der Waals surface area (Å²) < 4.78 is 0. The highest BCUT2D eigenvalue weighted by Gasteiger charge is 2.35. The molecular weight excluding hydrogens is 440 g/mol. The molecule has 0 aliphatic heterocycles. The molecule has 0 radical (unpaired) electrons. The van der Waals surface area contributed by atoms with Gasteiger partial charge >= 0.3 is 0 Å². The zero-order valence-corrected chi connectivity index (χ0v) is 23.6. The summed E-state index contributed by atoms with van der Waals surface area (Å²) in [5.74, 6) is 0.787. The van der Waals surface area contributed by atoms with Crippen molar-refractivity contribution in [2.24, 2.45) is 11.8 Å². The molecule has 0 amide bonds. The summed E-state index contributed by atoms with van der Waals surface area (Å²) >= 11 is 0. The second-order valence-electron chi connectivity index (χ2n) is 9.45. The van der Waals surface area contributed by atoms with E-state index >= 15 is 0 Å². The number of likely N-dealkylation sites (N-methyl/N-ethyl adjacent to an activating group) is 1. The third-order valence-corrected chi connectivity index (χ3v) is 7.58. The summed E-state index contributed by atoms with van der Waals surface area (Å²) in [6, 6.07) is 17.4. The summed E-state index contributed by atoms with van der Waals surface area (Å²) in [5, 5.41) is 3.65. The number of rotatable bonds is 12. The van der Waals surface area contributed by atoms with Gasteiger partial charge in [-0.25, -0.2) is 0 Å². The lowest BCUT2D eigenvalue weighted by atomic mass is 9.88. The van der Waals surface area contributed by atoms with Gasteiger partial charge < -0.3 is 15.0 Å². The fourth-order valence-corrected chi connectivity index (χ4v) is 5.76. The summed E-state index contributed by atoms with van der Waals surface area (Å²) in [4.78, 5) is 15.0. The molecule has 36 heavy (non-hydrogen) atoms. The third-order valence-electron chi connectivity index (χ3n) is 7.58. The molecule has 0 bridgehead atoms. The summed E-state index contributed by atoms with van der Waals surface area (Å²) in [6.45, 7) is 13.3. The van der Waals surface area contributed by atoms with E-state index in [0.717, 1.165) is 32.2 Å². The van der Waals surface area contributed by atoms with E-state index in [1.165, 1.54) is 34.2 Å². The Morgan fingerprint density at radius 3 is 2.08 bits per heavy atom. The van der Waals surface area contributed by atoms with E-state index in [1.807, 2.05) is 13.8 Å². The van der Waals surface area contributed by atoms with Gasteiger partial charge in [0.1, 0.15) is 6.29 Å². The zero-order chi connectivity index (χ0) is 26.5. The van der Waals surface area contributed by atoms with E-state index in [2.05, 4.69) is 112 Å². The fraction of sp³-hybridized carbons (Fsp3) is 0.485. The predicted octanol–water partition coefficient (Wildman–Crippen LogP) is 7.46. The maximum absolute atomic E-state index is 12.6. The smallest absolute Gasteiger partial charge is 0.142 e. The van der Waals surface area contributed by atoms with Crippen molar-refractivity contribution in [1.29, 1.82) is 0 Å². The number of carbonyl (C=O) groups excluding carboxylic acids is 1. The van der Waals surface area contributed by atoms with E-state index in [-0.39, 0.29) is 12.1 Å². The van der Waals surface area contributed by atoms with Crippen molar-refractivity contribution in [2.45, 2.75) is 85.9 Å². The Hall–Kier alpha value is -2.65. The molecule has 1 aliphatic carbocycles. The van der Waals surface area contributed by atoms with Gasteiger partial charge in [-0.3, -0.25) is 0 Å². The molecule has 0 saturated carbocycles. The number of allylic oxidation sites excluding steroid dienone is 2. The Morgan fingerprint density at radius 1 is 1.00 bits per heavy atom. The van der Waals surface area contributed by atoms with Crippen LogP contribution in [0.15, 0.2) is 66.4 Å². The lowest BCUT2D eigenvalue weighted by Gasteiger charge is -2.41. The van der Waals surface area contributed by atoms with E-state index in [4.69, 9.17) is 0 Å². The van der Waals surface area contributed by atoms with E-state index in [0.29, 0.717) is 11.8 Å². The molecule has 2 aromatic carbocycles. The highest BCUT2D eigenvalue weighted by atomic mass is 16.1. The Bertz CT molecular complexity index is 964. The van der Waals surface area contributed by atoms with Gasteiger partial charge in [-0.2, -0.15) is 0 Å². The number of carbonyl (C=O) groups is 1. The van der Waals surface area contributed by atoms with Crippen molar-refractivity contribution >= 4 is 12.4 Å². The minimum absolute atomic E-state index is 0.153. The second kappa shape index (κ2) is 15.5.